The molecule has 0 aliphatic carbocycles. The maximum absolute atomic E-state index is 14.0. The fourth-order valence-corrected chi connectivity index (χ4v) is 2.97. The van der Waals surface area contributed by atoms with Gasteiger partial charge < -0.3 is 0 Å². The highest BCUT2D eigenvalue weighted by Crippen LogP contribution is 2.28. The normalized spacial score (nSPS) is 10.7. The highest BCUT2D eigenvalue weighted by molar-refractivity contribution is 9.10. The minimum absolute atomic E-state index is 0.336. The van der Waals surface area contributed by atoms with E-state index in [4.69, 9.17) is 0 Å². The molecule has 1 heterocycles. The molecule has 4 heteroatoms. The first kappa shape index (κ1) is 16.6. The molecule has 0 spiro atoms. The van der Waals surface area contributed by atoms with E-state index in [-0.39, 0.29) is 5.82 Å². The third-order valence-corrected chi connectivity index (χ3v) is 4.69. The molecule has 126 valence electrons. The number of rotatable bonds is 3. The topological polar surface area (TPSA) is 25.8 Å². The van der Waals surface area contributed by atoms with E-state index in [0.717, 1.165) is 22.5 Å². The van der Waals surface area contributed by atoms with Gasteiger partial charge in [-0.25, -0.2) is 14.4 Å². The van der Waals surface area contributed by atoms with Crippen LogP contribution in [0.4, 0.5) is 4.39 Å². The molecule has 0 aliphatic rings. The first-order valence-electron chi connectivity index (χ1n) is 8.16. The Kier molecular flexibility index (Phi) is 4.59. The van der Waals surface area contributed by atoms with Crippen LogP contribution in [0.5, 0.6) is 0 Å². The van der Waals surface area contributed by atoms with Gasteiger partial charge in [0.05, 0.1) is 15.9 Å². The minimum Gasteiger partial charge on any atom is -0.228 e. The van der Waals surface area contributed by atoms with Gasteiger partial charge in [0.25, 0.3) is 0 Å². The number of hydrogen-bond acceptors (Lipinski definition) is 2. The van der Waals surface area contributed by atoms with Crippen molar-refractivity contribution >= 4 is 15.9 Å². The zero-order chi connectivity index (χ0) is 17.9. The number of hydrogen-bond donors (Lipinski definition) is 0. The molecule has 2 nitrogen and oxygen atoms in total. The molecule has 3 aromatic carbocycles. The SMILES string of the molecule is Fc1cc(-c2nc(-c3ccccc3)cc(-c3ccccc3)n2)ccc1Br. The maximum atomic E-state index is 14.0. The van der Waals surface area contributed by atoms with Crippen molar-refractivity contribution < 1.29 is 4.39 Å². The van der Waals surface area contributed by atoms with Gasteiger partial charge in [-0.15, -0.1) is 0 Å². The van der Waals surface area contributed by atoms with Crippen molar-refractivity contribution in [1.82, 2.24) is 9.97 Å². The lowest BCUT2D eigenvalue weighted by atomic mass is 10.1. The molecule has 1 aromatic heterocycles. The molecular weight excluding hydrogens is 391 g/mol. The average Bonchev–Trinajstić information content (AvgIpc) is 2.71. The number of halogens is 2. The van der Waals surface area contributed by atoms with Crippen LogP contribution in [0, 0.1) is 5.82 Å². The van der Waals surface area contributed by atoms with Crippen LogP contribution in [-0.2, 0) is 0 Å². The predicted molar refractivity (Wildman–Crippen MR) is 106 cm³/mol. The Balaban J connectivity index is 1.92. The van der Waals surface area contributed by atoms with Gasteiger partial charge in [-0.1, -0.05) is 60.7 Å². The average molecular weight is 405 g/mol. The summed E-state index contributed by atoms with van der Waals surface area (Å²) < 4.78 is 14.4. The Labute approximate surface area is 159 Å². The Morgan fingerprint density at radius 2 is 1.15 bits per heavy atom. The first-order valence-corrected chi connectivity index (χ1v) is 8.95. The number of benzene rings is 3. The predicted octanol–water partition coefficient (Wildman–Crippen LogP) is 6.38. The zero-order valence-corrected chi connectivity index (χ0v) is 15.3. The summed E-state index contributed by atoms with van der Waals surface area (Å²) >= 11 is 3.19. The van der Waals surface area contributed by atoms with Crippen molar-refractivity contribution in [3.63, 3.8) is 0 Å². The molecule has 4 rings (SSSR count). The Hall–Kier alpha value is -2.85. The zero-order valence-electron chi connectivity index (χ0n) is 13.7. The standard InChI is InChI=1S/C22H14BrFN2/c23-18-12-11-17(13-19(18)24)22-25-20(15-7-3-1-4-8-15)14-21(26-22)16-9-5-2-6-10-16/h1-14H. The van der Waals surface area contributed by atoms with E-state index in [9.17, 15) is 4.39 Å². The van der Waals surface area contributed by atoms with E-state index >= 15 is 0 Å². The molecule has 0 saturated heterocycles. The second-order valence-corrected chi connectivity index (χ2v) is 6.68. The van der Waals surface area contributed by atoms with E-state index < -0.39 is 0 Å². The monoisotopic (exact) mass is 404 g/mol. The van der Waals surface area contributed by atoms with Gasteiger partial charge in [-0.2, -0.15) is 0 Å². The Bertz CT molecular complexity index is 992. The van der Waals surface area contributed by atoms with E-state index in [1.807, 2.05) is 72.8 Å². The third-order valence-electron chi connectivity index (χ3n) is 4.04. The number of nitrogens with zero attached hydrogens (tertiary/aromatic N) is 2. The molecule has 0 fully saturated rings. The summed E-state index contributed by atoms with van der Waals surface area (Å²) in [6.07, 6.45) is 0. The Morgan fingerprint density at radius 1 is 0.615 bits per heavy atom. The summed E-state index contributed by atoms with van der Waals surface area (Å²) in [5.41, 5.74) is 4.23. The van der Waals surface area contributed by atoms with Crippen molar-refractivity contribution in [2.24, 2.45) is 0 Å². The lowest BCUT2D eigenvalue weighted by molar-refractivity contribution is 0.621. The van der Waals surface area contributed by atoms with Crippen molar-refractivity contribution in [3.05, 3.63) is 95.2 Å². The quantitative estimate of drug-likeness (QED) is 0.395. The molecule has 0 aliphatic heterocycles. The number of aromatic nitrogens is 2. The fraction of sp³-hybridized carbons (Fsp3) is 0. The summed E-state index contributed by atoms with van der Waals surface area (Å²) in [6, 6.07) is 26.7. The molecule has 0 saturated carbocycles. The molecule has 0 bridgehead atoms. The van der Waals surface area contributed by atoms with Crippen molar-refractivity contribution in [3.8, 4) is 33.9 Å². The summed E-state index contributed by atoms with van der Waals surface area (Å²) in [6.45, 7) is 0. The molecule has 26 heavy (non-hydrogen) atoms. The van der Waals surface area contributed by atoms with Gasteiger partial charge in [0, 0.05) is 16.7 Å². The summed E-state index contributed by atoms with van der Waals surface area (Å²) in [5, 5.41) is 0. The van der Waals surface area contributed by atoms with Gasteiger partial charge in [0.2, 0.25) is 0 Å². The van der Waals surface area contributed by atoms with Crippen molar-refractivity contribution in [2.75, 3.05) is 0 Å². The van der Waals surface area contributed by atoms with Gasteiger partial charge in [0.1, 0.15) is 5.82 Å². The van der Waals surface area contributed by atoms with Crippen LogP contribution in [0.3, 0.4) is 0 Å². The van der Waals surface area contributed by atoms with Gasteiger partial charge in [-0.05, 0) is 40.2 Å². The van der Waals surface area contributed by atoms with Crippen LogP contribution in [0.25, 0.3) is 33.9 Å². The van der Waals surface area contributed by atoms with Gasteiger partial charge in [-0.3, -0.25) is 0 Å². The highest BCUT2D eigenvalue weighted by atomic mass is 79.9. The smallest absolute Gasteiger partial charge is 0.160 e. The molecule has 0 radical (unpaired) electrons. The van der Waals surface area contributed by atoms with Gasteiger partial charge >= 0.3 is 0 Å². The third kappa shape index (κ3) is 3.41. The minimum atomic E-state index is -0.336. The summed E-state index contributed by atoms with van der Waals surface area (Å²) in [4.78, 5) is 9.35. The van der Waals surface area contributed by atoms with Crippen LogP contribution in [0.15, 0.2) is 89.4 Å². The molecular formula is C22H14BrFN2. The van der Waals surface area contributed by atoms with E-state index in [1.165, 1.54) is 6.07 Å². The van der Waals surface area contributed by atoms with Crippen LogP contribution in [0.1, 0.15) is 0 Å². The van der Waals surface area contributed by atoms with E-state index in [2.05, 4.69) is 25.9 Å². The summed E-state index contributed by atoms with van der Waals surface area (Å²) in [5.74, 6) is 0.161. The van der Waals surface area contributed by atoms with Crippen molar-refractivity contribution in [1.29, 1.82) is 0 Å². The molecule has 0 amide bonds. The van der Waals surface area contributed by atoms with Crippen LogP contribution in [0.2, 0.25) is 0 Å². The largest absolute Gasteiger partial charge is 0.228 e. The van der Waals surface area contributed by atoms with Crippen molar-refractivity contribution in [2.45, 2.75) is 0 Å². The van der Waals surface area contributed by atoms with Crippen LogP contribution < -0.4 is 0 Å². The molecule has 4 aromatic rings. The molecule has 0 atom stereocenters. The second kappa shape index (κ2) is 7.18. The fourth-order valence-electron chi connectivity index (χ4n) is 2.73. The highest BCUT2D eigenvalue weighted by Gasteiger charge is 2.11. The lowest BCUT2D eigenvalue weighted by Gasteiger charge is -2.09. The second-order valence-electron chi connectivity index (χ2n) is 5.82. The summed E-state index contributed by atoms with van der Waals surface area (Å²) in [7, 11) is 0. The van der Waals surface area contributed by atoms with E-state index in [1.54, 1.807) is 6.07 Å². The molecule has 0 unspecified atom stereocenters. The maximum Gasteiger partial charge on any atom is 0.160 e. The van der Waals surface area contributed by atoms with Crippen LogP contribution >= 0.6 is 15.9 Å². The van der Waals surface area contributed by atoms with Crippen LogP contribution in [-0.4, -0.2) is 9.97 Å². The first-order chi connectivity index (χ1) is 12.7. The van der Waals surface area contributed by atoms with E-state index in [0.29, 0.717) is 15.9 Å². The molecule has 0 N–H and O–H groups in total. The lowest BCUT2D eigenvalue weighted by Crippen LogP contribution is -1.96. The van der Waals surface area contributed by atoms with Gasteiger partial charge in [0.15, 0.2) is 5.82 Å². The Morgan fingerprint density at radius 3 is 1.65 bits per heavy atom.